The molecule has 1 aliphatic rings. The number of morpholine rings is 1. The van der Waals surface area contributed by atoms with Crippen molar-refractivity contribution in [1.82, 2.24) is 29.8 Å². The Morgan fingerprint density at radius 3 is 2.66 bits per heavy atom. The van der Waals surface area contributed by atoms with Gasteiger partial charge in [-0.3, -0.25) is 15.2 Å². The summed E-state index contributed by atoms with van der Waals surface area (Å²) in [5.41, 5.74) is 5.05. The average Bonchev–Trinajstić information content (AvgIpc) is 3.27. The fourth-order valence-corrected chi connectivity index (χ4v) is 3.89. The highest BCUT2D eigenvalue weighted by atomic mass is 16.5. The molecule has 5 rings (SSSR count). The Balaban J connectivity index is 0.00000289. The number of carbonyl (C=O) groups is 1. The number of rotatable bonds is 6. The molecular formula is C25H29N7O3. The van der Waals surface area contributed by atoms with Gasteiger partial charge in [0.25, 0.3) is 0 Å². The van der Waals surface area contributed by atoms with E-state index in [4.69, 9.17) is 9.47 Å². The molecule has 0 unspecified atom stereocenters. The Labute approximate surface area is 203 Å². The van der Waals surface area contributed by atoms with E-state index < -0.39 is 6.09 Å². The Kier molecular flexibility index (Phi) is 7.64. The highest BCUT2D eigenvalue weighted by Crippen LogP contribution is 2.32. The summed E-state index contributed by atoms with van der Waals surface area (Å²) in [6, 6.07) is 9.84. The van der Waals surface area contributed by atoms with Crippen molar-refractivity contribution in [2.24, 2.45) is 0 Å². The number of hydrogen-bond donors (Lipinski definition) is 2. The first kappa shape index (κ1) is 24.2. The summed E-state index contributed by atoms with van der Waals surface area (Å²) < 4.78 is 10.4. The third-order valence-electron chi connectivity index (χ3n) is 5.54. The number of fused-ring (bicyclic) bond motifs is 1. The van der Waals surface area contributed by atoms with Gasteiger partial charge in [-0.05, 0) is 36.8 Å². The molecule has 0 atom stereocenters. The number of nitrogens with one attached hydrogen (secondary N) is 2. The van der Waals surface area contributed by atoms with Crippen LogP contribution in [-0.4, -0.2) is 68.8 Å². The molecule has 35 heavy (non-hydrogen) atoms. The van der Waals surface area contributed by atoms with Gasteiger partial charge in [0.05, 0.1) is 31.0 Å². The SMILES string of the molecule is C.CCOC(=O)Nc1nc2c(-c3ncccn3)cc(-c3ccc(CN4CCOCC4)nc3)cc2[nH]1. The third-order valence-corrected chi connectivity index (χ3v) is 5.54. The van der Waals surface area contributed by atoms with Gasteiger partial charge in [0.15, 0.2) is 5.82 Å². The number of imidazole rings is 1. The van der Waals surface area contributed by atoms with E-state index in [9.17, 15) is 4.79 Å². The number of aromatic amines is 1. The number of H-pyrrole nitrogens is 1. The molecule has 10 heteroatoms. The van der Waals surface area contributed by atoms with Crippen molar-refractivity contribution in [2.75, 3.05) is 38.2 Å². The van der Waals surface area contributed by atoms with Gasteiger partial charge in [-0.15, -0.1) is 0 Å². The van der Waals surface area contributed by atoms with Crippen molar-refractivity contribution in [3.05, 3.63) is 54.6 Å². The van der Waals surface area contributed by atoms with E-state index in [0.717, 1.165) is 60.7 Å². The number of ether oxygens (including phenoxy) is 2. The normalized spacial score (nSPS) is 13.9. The van der Waals surface area contributed by atoms with Gasteiger partial charge in [-0.2, -0.15) is 0 Å². The lowest BCUT2D eigenvalue weighted by atomic mass is 10.0. The maximum atomic E-state index is 11.9. The molecule has 10 nitrogen and oxygen atoms in total. The van der Waals surface area contributed by atoms with Crippen LogP contribution >= 0.6 is 0 Å². The monoisotopic (exact) mass is 475 g/mol. The minimum atomic E-state index is -0.570. The van der Waals surface area contributed by atoms with Gasteiger partial charge in [0.2, 0.25) is 5.95 Å². The summed E-state index contributed by atoms with van der Waals surface area (Å²) >= 11 is 0. The molecule has 1 fully saturated rings. The van der Waals surface area contributed by atoms with Crippen molar-refractivity contribution >= 4 is 23.1 Å². The number of hydrogen-bond acceptors (Lipinski definition) is 8. The quantitative estimate of drug-likeness (QED) is 0.428. The second-order valence-electron chi connectivity index (χ2n) is 7.85. The number of benzene rings is 1. The second kappa shape index (κ2) is 11.0. The molecule has 182 valence electrons. The predicted molar refractivity (Wildman–Crippen MR) is 134 cm³/mol. The van der Waals surface area contributed by atoms with Gasteiger partial charge in [-0.25, -0.2) is 19.7 Å². The molecule has 3 aromatic heterocycles. The largest absolute Gasteiger partial charge is 0.450 e. The maximum Gasteiger partial charge on any atom is 0.413 e. The molecule has 0 spiro atoms. The zero-order valence-corrected chi connectivity index (χ0v) is 18.8. The number of amides is 1. The second-order valence-corrected chi connectivity index (χ2v) is 7.85. The van der Waals surface area contributed by atoms with Crippen LogP contribution in [0.2, 0.25) is 0 Å². The number of pyridine rings is 1. The molecule has 0 saturated carbocycles. The maximum absolute atomic E-state index is 11.9. The van der Waals surface area contributed by atoms with Gasteiger partial charge in [0, 0.05) is 49.4 Å². The molecule has 2 N–H and O–H groups in total. The summed E-state index contributed by atoms with van der Waals surface area (Å²) in [6.45, 7) is 6.18. The smallest absolute Gasteiger partial charge is 0.413 e. The highest BCUT2D eigenvalue weighted by molar-refractivity contribution is 5.96. The first-order valence-electron chi connectivity index (χ1n) is 11.2. The minimum absolute atomic E-state index is 0. The fourth-order valence-electron chi connectivity index (χ4n) is 3.89. The Morgan fingerprint density at radius 2 is 1.94 bits per heavy atom. The van der Waals surface area contributed by atoms with Crippen molar-refractivity contribution in [1.29, 1.82) is 0 Å². The van der Waals surface area contributed by atoms with Crippen molar-refractivity contribution < 1.29 is 14.3 Å². The van der Waals surface area contributed by atoms with Crippen LogP contribution in [-0.2, 0) is 16.0 Å². The molecule has 0 aliphatic carbocycles. The Morgan fingerprint density at radius 1 is 1.14 bits per heavy atom. The van der Waals surface area contributed by atoms with Crippen LogP contribution in [0.1, 0.15) is 20.0 Å². The van der Waals surface area contributed by atoms with Crippen LogP contribution in [0.3, 0.4) is 0 Å². The molecule has 1 aliphatic heterocycles. The Hall–Kier alpha value is -3.89. The van der Waals surface area contributed by atoms with Crippen molar-refractivity contribution in [3.8, 4) is 22.5 Å². The van der Waals surface area contributed by atoms with Gasteiger partial charge < -0.3 is 14.5 Å². The van der Waals surface area contributed by atoms with Gasteiger partial charge >= 0.3 is 6.09 Å². The van der Waals surface area contributed by atoms with Crippen LogP contribution in [0.5, 0.6) is 0 Å². The molecule has 0 bridgehead atoms. The lowest BCUT2D eigenvalue weighted by Crippen LogP contribution is -2.35. The van der Waals surface area contributed by atoms with Gasteiger partial charge in [-0.1, -0.05) is 13.5 Å². The van der Waals surface area contributed by atoms with Crippen LogP contribution in [0, 0.1) is 0 Å². The van der Waals surface area contributed by atoms with Crippen molar-refractivity contribution in [2.45, 2.75) is 20.9 Å². The van der Waals surface area contributed by atoms with Gasteiger partial charge in [0.1, 0.15) is 5.52 Å². The van der Waals surface area contributed by atoms with Crippen LogP contribution < -0.4 is 5.32 Å². The summed E-state index contributed by atoms with van der Waals surface area (Å²) in [7, 11) is 0. The first-order valence-corrected chi connectivity index (χ1v) is 11.2. The lowest BCUT2D eigenvalue weighted by Gasteiger charge is -2.26. The van der Waals surface area contributed by atoms with Crippen LogP contribution in [0.4, 0.5) is 10.7 Å². The number of anilines is 1. The van der Waals surface area contributed by atoms with E-state index in [1.807, 2.05) is 24.4 Å². The molecule has 1 aromatic carbocycles. The topological polar surface area (TPSA) is 118 Å². The lowest BCUT2D eigenvalue weighted by molar-refractivity contribution is 0.0336. The fraction of sp³-hybridized carbons (Fsp3) is 0.320. The molecule has 4 aromatic rings. The summed E-state index contributed by atoms with van der Waals surface area (Å²) in [5.74, 6) is 0.835. The highest BCUT2D eigenvalue weighted by Gasteiger charge is 2.16. The van der Waals surface area contributed by atoms with Crippen LogP contribution in [0.25, 0.3) is 33.5 Å². The van der Waals surface area contributed by atoms with E-state index >= 15 is 0 Å². The molecule has 4 heterocycles. The summed E-state index contributed by atoms with van der Waals surface area (Å²) in [6.07, 6.45) is 4.68. The van der Waals surface area contributed by atoms with E-state index in [-0.39, 0.29) is 14.0 Å². The minimum Gasteiger partial charge on any atom is -0.450 e. The summed E-state index contributed by atoms with van der Waals surface area (Å²) in [5, 5.41) is 2.62. The number of aromatic nitrogens is 5. The molecule has 1 saturated heterocycles. The standard InChI is InChI=1S/C24H25N7O3.CH4/c1-2-34-24(32)30-23-28-20-13-17(12-19(21(20)29-23)22-25-6-3-7-26-22)16-4-5-18(27-14-16)15-31-8-10-33-11-9-31;/h3-7,12-14H,2,8-11,15H2,1H3,(H2,28,29,30,32);1H4. The Bertz CT molecular complexity index is 1270. The third kappa shape index (κ3) is 5.61. The average molecular weight is 476 g/mol. The van der Waals surface area contributed by atoms with E-state index in [2.05, 4.69) is 41.2 Å². The summed E-state index contributed by atoms with van der Waals surface area (Å²) in [4.78, 5) is 35.4. The van der Waals surface area contributed by atoms with E-state index in [1.165, 1.54) is 0 Å². The zero-order valence-electron chi connectivity index (χ0n) is 18.8. The molecule has 1 amide bonds. The predicted octanol–water partition coefficient (Wildman–Crippen LogP) is 4.12. The molecular weight excluding hydrogens is 446 g/mol. The molecule has 0 radical (unpaired) electrons. The van der Waals surface area contributed by atoms with E-state index in [1.54, 1.807) is 25.4 Å². The van der Waals surface area contributed by atoms with Crippen molar-refractivity contribution in [3.63, 3.8) is 0 Å². The number of carbonyl (C=O) groups excluding carboxylic acids is 1. The zero-order chi connectivity index (χ0) is 23.3. The van der Waals surface area contributed by atoms with E-state index in [0.29, 0.717) is 17.3 Å². The first-order chi connectivity index (χ1) is 16.7. The number of nitrogens with zero attached hydrogens (tertiary/aromatic N) is 5. The van der Waals surface area contributed by atoms with Crippen LogP contribution in [0.15, 0.2) is 48.9 Å².